The number of carboxylic acids is 1. The van der Waals surface area contributed by atoms with Gasteiger partial charge >= 0.3 is 5.97 Å². The average molecular weight is 341 g/mol. The molecule has 1 aliphatic rings. The summed E-state index contributed by atoms with van der Waals surface area (Å²) in [6.45, 7) is 0. The van der Waals surface area contributed by atoms with Crippen molar-refractivity contribution in [2.45, 2.75) is 23.0 Å². The molecule has 0 radical (unpaired) electrons. The number of aromatic carboxylic acids is 1. The molecule has 1 aliphatic carbocycles. The van der Waals surface area contributed by atoms with Gasteiger partial charge in [-0.3, -0.25) is 4.68 Å². The first-order valence-corrected chi connectivity index (χ1v) is 8.54. The maximum atomic E-state index is 12.2. The summed E-state index contributed by atoms with van der Waals surface area (Å²) in [7, 11) is -1.75. The van der Waals surface area contributed by atoms with Crippen LogP contribution >= 0.6 is 11.6 Å². The summed E-state index contributed by atoms with van der Waals surface area (Å²) in [5.74, 6) is -1.12. The SMILES string of the molecule is Cn1nc(C(=O)O)cc1-c1ccc(S(=O)(=O)C2CC2)c(Cl)c1. The molecule has 0 spiro atoms. The Kier molecular flexibility index (Phi) is 3.49. The molecule has 1 fully saturated rings. The highest BCUT2D eigenvalue weighted by Crippen LogP contribution is 2.37. The molecular formula is C14H13ClN2O4S. The summed E-state index contributed by atoms with van der Waals surface area (Å²) in [4.78, 5) is 11.1. The third-order valence-electron chi connectivity index (χ3n) is 3.60. The molecule has 0 atom stereocenters. The predicted molar refractivity (Wildman–Crippen MR) is 80.8 cm³/mol. The molecule has 0 bridgehead atoms. The van der Waals surface area contributed by atoms with Crippen molar-refractivity contribution >= 4 is 27.4 Å². The van der Waals surface area contributed by atoms with Crippen LogP contribution in [0.1, 0.15) is 23.3 Å². The van der Waals surface area contributed by atoms with E-state index in [-0.39, 0.29) is 20.9 Å². The van der Waals surface area contributed by atoms with E-state index in [1.165, 1.54) is 22.9 Å². The zero-order valence-corrected chi connectivity index (χ0v) is 13.2. The maximum Gasteiger partial charge on any atom is 0.356 e. The van der Waals surface area contributed by atoms with Gasteiger partial charge in [0.25, 0.3) is 0 Å². The lowest BCUT2D eigenvalue weighted by molar-refractivity contribution is 0.0689. The summed E-state index contributed by atoms with van der Waals surface area (Å²) in [5, 5.41) is 12.7. The van der Waals surface area contributed by atoms with Gasteiger partial charge < -0.3 is 5.11 Å². The number of rotatable bonds is 4. The van der Waals surface area contributed by atoms with Crippen molar-refractivity contribution in [2.24, 2.45) is 7.05 Å². The van der Waals surface area contributed by atoms with E-state index in [9.17, 15) is 13.2 Å². The topological polar surface area (TPSA) is 89.3 Å². The normalized spacial score (nSPS) is 15.0. The number of hydrogen-bond donors (Lipinski definition) is 1. The second-order valence-electron chi connectivity index (χ2n) is 5.23. The van der Waals surface area contributed by atoms with Crippen molar-refractivity contribution in [2.75, 3.05) is 0 Å². The molecule has 0 aliphatic heterocycles. The number of carbonyl (C=O) groups is 1. The van der Waals surface area contributed by atoms with Gasteiger partial charge in [-0.2, -0.15) is 5.10 Å². The van der Waals surface area contributed by atoms with Gasteiger partial charge in [-0.15, -0.1) is 0 Å². The fourth-order valence-electron chi connectivity index (χ4n) is 2.29. The van der Waals surface area contributed by atoms with Crippen LogP contribution in [0.3, 0.4) is 0 Å². The molecule has 1 N–H and O–H groups in total. The first-order chi connectivity index (χ1) is 10.3. The Bertz CT molecular complexity index is 869. The molecule has 0 unspecified atom stereocenters. The summed E-state index contributed by atoms with van der Waals surface area (Å²) in [6, 6.07) is 6.03. The summed E-state index contributed by atoms with van der Waals surface area (Å²) >= 11 is 6.13. The minimum absolute atomic E-state index is 0.0803. The number of sulfone groups is 1. The molecule has 1 aromatic carbocycles. The second kappa shape index (κ2) is 5.10. The number of halogens is 1. The van der Waals surface area contributed by atoms with Crippen LogP contribution in [0.15, 0.2) is 29.2 Å². The molecule has 8 heteroatoms. The van der Waals surface area contributed by atoms with E-state index in [1.54, 1.807) is 13.1 Å². The molecule has 3 rings (SSSR count). The van der Waals surface area contributed by atoms with Crippen LogP contribution in [-0.2, 0) is 16.9 Å². The molecule has 22 heavy (non-hydrogen) atoms. The maximum absolute atomic E-state index is 12.2. The predicted octanol–water partition coefficient (Wildman–Crippen LogP) is 2.37. The zero-order chi connectivity index (χ0) is 16.1. The largest absolute Gasteiger partial charge is 0.476 e. The molecule has 0 saturated heterocycles. The van der Waals surface area contributed by atoms with Gasteiger partial charge in [-0.05, 0) is 31.0 Å². The lowest BCUT2D eigenvalue weighted by atomic mass is 10.1. The van der Waals surface area contributed by atoms with Gasteiger partial charge in [0.05, 0.1) is 20.9 Å². The Labute approximate surface area is 132 Å². The lowest BCUT2D eigenvalue weighted by Crippen LogP contribution is -2.07. The van der Waals surface area contributed by atoms with Crippen molar-refractivity contribution in [3.8, 4) is 11.3 Å². The lowest BCUT2D eigenvalue weighted by Gasteiger charge is -2.08. The minimum Gasteiger partial charge on any atom is -0.476 e. The van der Waals surface area contributed by atoms with E-state index >= 15 is 0 Å². The van der Waals surface area contributed by atoms with Crippen LogP contribution in [0.25, 0.3) is 11.3 Å². The third-order valence-corrected chi connectivity index (χ3v) is 6.34. The standard InChI is InChI=1S/C14H13ClN2O4S/c1-17-12(7-11(16-17)14(18)19)8-2-5-13(10(15)6-8)22(20,21)9-3-4-9/h2,5-7,9H,3-4H2,1H3,(H,18,19). The molecule has 2 aromatic rings. The fraction of sp³-hybridized carbons (Fsp3) is 0.286. The number of carboxylic acid groups (broad SMARTS) is 1. The molecule has 1 heterocycles. The minimum atomic E-state index is -3.36. The molecule has 0 amide bonds. The molecule has 1 aromatic heterocycles. The van der Waals surface area contributed by atoms with E-state index in [2.05, 4.69) is 5.10 Å². The Balaban J connectivity index is 2.04. The van der Waals surface area contributed by atoms with Crippen molar-refractivity contribution in [3.05, 3.63) is 35.0 Å². The van der Waals surface area contributed by atoms with Gasteiger partial charge in [-0.1, -0.05) is 17.7 Å². The third kappa shape index (κ3) is 2.50. The van der Waals surface area contributed by atoms with Crippen LogP contribution in [0.2, 0.25) is 5.02 Å². The Hall–Kier alpha value is -1.86. The molecule has 116 valence electrons. The molecule has 1 saturated carbocycles. The van der Waals surface area contributed by atoms with Crippen molar-refractivity contribution in [1.82, 2.24) is 9.78 Å². The van der Waals surface area contributed by atoms with E-state index in [4.69, 9.17) is 16.7 Å². The first-order valence-electron chi connectivity index (χ1n) is 6.62. The van der Waals surface area contributed by atoms with Crippen LogP contribution in [-0.4, -0.2) is 34.5 Å². The summed E-state index contributed by atoms with van der Waals surface area (Å²) < 4.78 is 25.9. The van der Waals surface area contributed by atoms with Gasteiger partial charge in [0, 0.05) is 12.6 Å². The highest BCUT2D eigenvalue weighted by Gasteiger charge is 2.38. The quantitative estimate of drug-likeness (QED) is 0.922. The molecule has 6 nitrogen and oxygen atoms in total. The van der Waals surface area contributed by atoms with Gasteiger partial charge in [0.15, 0.2) is 15.5 Å². The van der Waals surface area contributed by atoms with Crippen LogP contribution in [0.5, 0.6) is 0 Å². The molecular weight excluding hydrogens is 328 g/mol. The number of aryl methyl sites for hydroxylation is 1. The van der Waals surface area contributed by atoms with Crippen molar-refractivity contribution < 1.29 is 18.3 Å². The van der Waals surface area contributed by atoms with Crippen molar-refractivity contribution in [1.29, 1.82) is 0 Å². The van der Waals surface area contributed by atoms with Crippen LogP contribution in [0.4, 0.5) is 0 Å². The van der Waals surface area contributed by atoms with Crippen LogP contribution < -0.4 is 0 Å². The second-order valence-corrected chi connectivity index (χ2v) is 7.84. The monoisotopic (exact) mass is 340 g/mol. The summed E-state index contributed by atoms with van der Waals surface area (Å²) in [5.41, 5.74) is 1.08. The number of hydrogen-bond acceptors (Lipinski definition) is 4. The zero-order valence-electron chi connectivity index (χ0n) is 11.7. The number of aromatic nitrogens is 2. The van der Waals surface area contributed by atoms with Gasteiger partial charge in [0.2, 0.25) is 0 Å². The van der Waals surface area contributed by atoms with Crippen LogP contribution in [0, 0.1) is 0 Å². The average Bonchev–Trinajstić information content (AvgIpc) is 3.22. The Morgan fingerprint density at radius 2 is 2.05 bits per heavy atom. The fourth-order valence-corrected chi connectivity index (χ4v) is 4.50. The van der Waals surface area contributed by atoms with E-state index in [1.807, 2.05) is 0 Å². The van der Waals surface area contributed by atoms with Gasteiger partial charge in [-0.25, -0.2) is 13.2 Å². The number of nitrogens with zero attached hydrogens (tertiary/aromatic N) is 2. The Morgan fingerprint density at radius 1 is 1.36 bits per heavy atom. The highest BCUT2D eigenvalue weighted by atomic mass is 35.5. The van der Waals surface area contributed by atoms with E-state index in [0.29, 0.717) is 24.1 Å². The van der Waals surface area contributed by atoms with E-state index in [0.717, 1.165) is 0 Å². The number of benzene rings is 1. The Morgan fingerprint density at radius 3 is 2.55 bits per heavy atom. The van der Waals surface area contributed by atoms with Gasteiger partial charge in [0.1, 0.15) is 0 Å². The van der Waals surface area contributed by atoms with E-state index < -0.39 is 15.8 Å². The first kappa shape index (κ1) is 15.1. The van der Waals surface area contributed by atoms with Crippen molar-refractivity contribution in [3.63, 3.8) is 0 Å². The summed E-state index contributed by atoms with van der Waals surface area (Å²) in [6.07, 6.45) is 1.34. The smallest absolute Gasteiger partial charge is 0.356 e. The highest BCUT2D eigenvalue weighted by molar-refractivity contribution is 7.92.